The number of unbranched alkanes of at least 4 members (excludes halogenated alkanes) is 2. The number of rotatable bonds is 5. The summed E-state index contributed by atoms with van der Waals surface area (Å²) in [4.78, 5) is 0. The zero-order valence-electron chi connectivity index (χ0n) is 7.89. The third kappa shape index (κ3) is 10.3. The van der Waals surface area contributed by atoms with Crippen molar-refractivity contribution in [3.8, 4) is 0 Å². The number of thiol groups is 1. The minimum absolute atomic E-state index is 0.0287. The van der Waals surface area contributed by atoms with E-state index in [1.807, 2.05) is 0 Å². The van der Waals surface area contributed by atoms with Gasteiger partial charge in [-0.1, -0.05) is 6.42 Å². The van der Waals surface area contributed by atoms with Crippen molar-refractivity contribution in [1.82, 2.24) is 0 Å². The summed E-state index contributed by atoms with van der Waals surface area (Å²) in [6, 6.07) is 0. The minimum Gasteiger partial charge on any atom is -0.376 e. The average Bonchev–Trinajstić information content (AvgIpc) is 1.85. The van der Waals surface area contributed by atoms with Crippen molar-refractivity contribution in [1.29, 1.82) is 0 Å². The zero-order chi connectivity index (χ0) is 8.74. The Hall–Kier alpha value is 0.310. The molecule has 11 heavy (non-hydrogen) atoms. The molecule has 0 radical (unpaired) electrons. The van der Waals surface area contributed by atoms with Gasteiger partial charge >= 0.3 is 0 Å². The molecular weight excluding hydrogens is 156 g/mol. The summed E-state index contributed by atoms with van der Waals surface area (Å²) in [6.45, 7) is 7.15. The molecule has 0 fully saturated rings. The molecule has 0 amide bonds. The molecule has 0 rings (SSSR count). The van der Waals surface area contributed by atoms with E-state index in [-0.39, 0.29) is 5.60 Å². The number of hydrogen-bond donors (Lipinski definition) is 1. The second kappa shape index (κ2) is 5.90. The van der Waals surface area contributed by atoms with Gasteiger partial charge in [0.05, 0.1) is 5.60 Å². The first-order valence-corrected chi connectivity index (χ1v) is 4.94. The Morgan fingerprint density at radius 2 is 1.73 bits per heavy atom. The predicted octanol–water partition coefficient (Wildman–Crippen LogP) is 2.90. The first-order valence-electron chi connectivity index (χ1n) is 4.31. The van der Waals surface area contributed by atoms with Crippen LogP contribution in [0.25, 0.3) is 0 Å². The van der Waals surface area contributed by atoms with E-state index in [4.69, 9.17) is 4.74 Å². The fraction of sp³-hybridized carbons (Fsp3) is 1.00. The van der Waals surface area contributed by atoms with Gasteiger partial charge in [-0.15, -0.1) is 0 Å². The molecule has 0 aliphatic heterocycles. The van der Waals surface area contributed by atoms with Gasteiger partial charge in [-0.2, -0.15) is 12.6 Å². The van der Waals surface area contributed by atoms with Crippen LogP contribution in [0.2, 0.25) is 0 Å². The van der Waals surface area contributed by atoms with Crippen molar-refractivity contribution >= 4 is 12.6 Å². The Labute approximate surface area is 75.9 Å². The third-order valence-electron chi connectivity index (χ3n) is 1.34. The van der Waals surface area contributed by atoms with Crippen LogP contribution in [0.1, 0.15) is 40.0 Å². The van der Waals surface area contributed by atoms with Crippen LogP contribution in [0, 0.1) is 0 Å². The van der Waals surface area contributed by atoms with Crippen LogP contribution in [0.15, 0.2) is 0 Å². The minimum atomic E-state index is 0.0287. The molecule has 0 saturated heterocycles. The SMILES string of the molecule is CC(C)(C)OCCCCCS. The summed E-state index contributed by atoms with van der Waals surface area (Å²) in [6.07, 6.45) is 3.61. The van der Waals surface area contributed by atoms with Gasteiger partial charge in [0.25, 0.3) is 0 Å². The molecule has 0 spiro atoms. The summed E-state index contributed by atoms with van der Waals surface area (Å²) in [5, 5.41) is 0. The molecule has 0 bridgehead atoms. The molecule has 0 aromatic carbocycles. The molecule has 0 N–H and O–H groups in total. The lowest BCUT2D eigenvalue weighted by Gasteiger charge is -2.19. The van der Waals surface area contributed by atoms with Gasteiger partial charge in [-0.3, -0.25) is 0 Å². The second-order valence-corrected chi connectivity index (χ2v) is 4.19. The Morgan fingerprint density at radius 3 is 2.18 bits per heavy atom. The third-order valence-corrected chi connectivity index (χ3v) is 1.65. The van der Waals surface area contributed by atoms with Crippen LogP contribution >= 0.6 is 12.6 Å². The van der Waals surface area contributed by atoms with Gasteiger partial charge in [-0.05, 0) is 39.4 Å². The van der Waals surface area contributed by atoms with E-state index >= 15 is 0 Å². The van der Waals surface area contributed by atoms with Crippen molar-refractivity contribution in [3.05, 3.63) is 0 Å². The lowest BCUT2D eigenvalue weighted by atomic mass is 10.2. The van der Waals surface area contributed by atoms with E-state index in [9.17, 15) is 0 Å². The average molecular weight is 176 g/mol. The Morgan fingerprint density at radius 1 is 1.09 bits per heavy atom. The molecule has 0 aromatic heterocycles. The van der Waals surface area contributed by atoms with Gasteiger partial charge in [0, 0.05) is 6.61 Å². The van der Waals surface area contributed by atoms with Gasteiger partial charge in [0.15, 0.2) is 0 Å². The number of hydrogen-bond acceptors (Lipinski definition) is 2. The highest BCUT2D eigenvalue weighted by Crippen LogP contribution is 2.08. The van der Waals surface area contributed by atoms with Crippen LogP contribution in [0.3, 0.4) is 0 Å². The fourth-order valence-electron chi connectivity index (χ4n) is 0.769. The molecule has 0 aliphatic carbocycles. The van der Waals surface area contributed by atoms with E-state index in [1.54, 1.807) is 0 Å². The monoisotopic (exact) mass is 176 g/mol. The fourth-order valence-corrected chi connectivity index (χ4v) is 0.993. The van der Waals surface area contributed by atoms with Gasteiger partial charge in [-0.25, -0.2) is 0 Å². The van der Waals surface area contributed by atoms with Crippen LogP contribution in [-0.2, 0) is 4.74 Å². The van der Waals surface area contributed by atoms with E-state index in [2.05, 4.69) is 33.4 Å². The summed E-state index contributed by atoms with van der Waals surface area (Å²) >= 11 is 4.14. The Balaban J connectivity index is 3.02. The smallest absolute Gasteiger partial charge is 0.0598 e. The molecule has 0 atom stereocenters. The highest BCUT2D eigenvalue weighted by molar-refractivity contribution is 7.80. The van der Waals surface area contributed by atoms with Crippen molar-refractivity contribution in [2.45, 2.75) is 45.6 Å². The molecule has 0 heterocycles. The van der Waals surface area contributed by atoms with E-state index in [1.165, 1.54) is 12.8 Å². The molecule has 0 aromatic rings. The van der Waals surface area contributed by atoms with Crippen LogP contribution in [0.5, 0.6) is 0 Å². The van der Waals surface area contributed by atoms with Crippen molar-refractivity contribution in [2.24, 2.45) is 0 Å². The molecule has 0 unspecified atom stereocenters. The molecule has 0 aliphatic rings. The lowest BCUT2D eigenvalue weighted by molar-refractivity contribution is -0.00458. The highest BCUT2D eigenvalue weighted by atomic mass is 32.1. The topological polar surface area (TPSA) is 9.23 Å². The van der Waals surface area contributed by atoms with Gasteiger partial charge < -0.3 is 4.74 Å². The standard InChI is InChI=1S/C9H20OS/c1-9(2,3)10-7-5-4-6-8-11/h11H,4-8H2,1-3H3. The molecule has 68 valence electrons. The quantitative estimate of drug-likeness (QED) is 0.500. The zero-order valence-corrected chi connectivity index (χ0v) is 8.79. The first kappa shape index (κ1) is 11.3. The maximum absolute atomic E-state index is 5.55. The largest absolute Gasteiger partial charge is 0.376 e. The summed E-state index contributed by atoms with van der Waals surface area (Å²) < 4.78 is 5.55. The van der Waals surface area contributed by atoms with Crippen molar-refractivity contribution < 1.29 is 4.74 Å². The highest BCUT2D eigenvalue weighted by Gasteiger charge is 2.08. The van der Waals surface area contributed by atoms with Gasteiger partial charge in [0.1, 0.15) is 0 Å². The van der Waals surface area contributed by atoms with Crippen molar-refractivity contribution in [3.63, 3.8) is 0 Å². The Kier molecular flexibility index (Phi) is 6.06. The van der Waals surface area contributed by atoms with Crippen LogP contribution in [-0.4, -0.2) is 18.0 Å². The maximum atomic E-state index is 5.55. The molecule has 2 heteroatoms. The van der Waals surface area contributed by atoms with Crippen LogP contribution < -0.4 is 0 Å². The summed E-state index contributed by atoms with van der Waals surface area (Å²) in [5.41, 5.74) is 0.0287. The van der Waals surface area contributed by atoms with E-state index in [0.29, 0.717) is 0 Å². The first-order chi connectivity index (χ1) is 5.06. The molecule has 0 saturated carbocycles. The normalized spacial score (nSPS) is 12.0. The Bertz CT molecular complexity index is 86.1. The predicted molar refractivity (Wildman–Crippen MR) is 53.4 cm³/mol. The van der Waals surface area contributed by atoms with Gasteiger partial charge in [0.2, 0.25) is 0 Å². The van der Waals surface area contributed by atoms with Crippen molar-refractivity contribution in [2.75, 3.05) is 12.4 Å². The van der Waals surface area contributed by atoms with E-state index < -0.39 is 0 Å². The van der Waals surface area contributed by atoms with E-state index in [0.717, 1.165) is 18.8 Å². The number of ether oxygens (including phenoxy) is 1. The molecular formula is C9H20OS. The molecule has 1 nitrogen and oxygen atoms in total. The second-order valence-electron chi connectivity index (χ2n) is 3.75. The maximum Gasteiger partial charge on any atom is 0.0598 e. The summed E-state index contributed by atoms with van der Waals surface area (Å²) in [5.74, 6) is 0.996. The lowest BCUT2D eigenvalue weighted by Crippen LogP contribution is -2.19. The van der Waals surface area contributed by atoms with Crippen LogP contribution in [0.4, 0.5) is 0 Å². The summed E-state index contributed by atoms with van der Waals surface area (Å²) in [7, 11) is 0.